The fourth-order valence-corrected chi connectivity index (χ4v) is 4.83. The number of hydrogen-bond donors (Lipinski definition) is 2. The smallest absolute Gasteiger partial charge is 0.337 e. The summed E-state index contributed by atoms with van der Waals surface area (Å²) < 4.78 is 5.29. The first-order valence-corrected chi connectivity index (χ1v) is 11.0. The number of aromatic amines is 1. The number of esters is 1. The van der Waals surface area contributed by atoms with Gasteiger partial charge in [0.05, 0.1) is 17.1 Å². The van der Waals surface area contributed by atoms with Crippen LogP contribution >= 0.6 is 23.1 Å². The van der Waals surface area contributed by atoms with Crippen LogP contribution in [-0.2, 0) is 9.53 Å². The number of unbranched alkanes of at least 4 members (excludes halogenated alkanes) is 1. The number of ether oxygens (including phenoxy) is 1. The lowest BCUT2D eigenvalue weighted by molar-refractivity contribution is -0.138. The fraction of sp³-hybridized carbons (Fsp3) is 0.350. The summed E-state index contributed by atoms with van der Waals surface area (Å²) >= 11 is 3.02. The maximum absolute atomic E-state index is 13.0. The molecule has 0 spiro atoms. The van der Waals surface area contributed by atoms with Crippen LogP contribution in [-0.4, -0.2) is 28.3 Å². The number of allylic oxidation sites excluding steroid dienone is 1. The summed E-state index contributed by atoms with van der Waals surface area (Å²) in [5.41, 5.74) is 1.27. The van der Waals surface area contributed by atoms with Crippen molar-refractivity contribution in [3.63, 3.8) is 0 Å². The molecule has 3 heterocycles. The first-order chi connectivity index (χ1) is 13.6. The number of rotatable bonds is 8. The molecule has 3 rings (SSSR count). The molecule has 0 saturated heterocycles. The molecule has 1 aliphatic heterocycles. The summed E-state index contributed by atoms with van der Waals surface area (Å²) in [5.74, 6) is 0.411. The predicted molar refractivity (Wildman–Crippen MR) is 114 cm³/mol. The minimum atomic E-state index is -0.514. The van der Waals surface area contributed by atoms with Crippen LogP contribution in [0.3, 0.4) is 0 Å². The van der Waals surface area contributed by atoms with Crippen molar-refractivity contribution < 1.29 is 9.53 Å². The molecule has 0 saturated carbocycles. The van der Waals surface area contributed by atoms with Crippen molar-refractivity contribution in [1.82, 2.24) is 9.97 Å². The summed E-state index contributed by atoms with van der Waals surface area (Å²) in [7, 11) is 0. The highest BCUT2D eigenvalue weighted by Gasteiger charge is 2.36. The maximum Gasteiger partial charge on any atom is 0.337 e. The molecular weight excluding hydrogens is 394 g/mol. The molecule has 0 aliphatic carbocycles. The second-order valence-corrected chi connectivity index (χ2v) is 8.40. The molecule has 1 unspecified atom stereocenters. The molecule has 6 nitrogen and oxygen atoms in total. The van der Waals surface area contributed by atoms with Crippen molar-refractivity contribution in [1.29, 1.82) is 0 Å². The minimum Gasteiger partial charge on any atom is -0.458 e. The van der Waals surface area contributed by atoms with Crippen LogP contribution in [0.2, 0.25) is 0 Å². The van der Waals surface area contributed by atoms with Gasteiger partial charge in [-0.3, -0.25) is 4.79 Å². The van der Waals surface area contributed by atoms with Crippen LogP contribution in [0.5, 0.6) is 0 Å². The van der Waals surface area contributed by atoms with E-state index in [1.165, 1.54) is 29.2 Å². The lowest BCUT2D eigenvalue weighted by Gasteiger charge is -2.27. The van der Waals surface area contributed by atoms with E-state index < -0.39 is 11.9 Å². The second-order valence-electron chi connectivity index (χ2n) is 6.33. The molecule has 2 N–H and O–H groups in total. The molecule has 0 aromatic carbocycles. The third kappa shape index (κ3) is 4.23. The lowest BCUT2D eigenvalue weighted by atomic mass is 9.86. The Hall–Kier alpha value is -2.32. The van der Waals surface area contributed by atoms with E-state index in [0.29, 0.717) is 27.8 Å². The monoisotopic (exact) mass is 417 g/mol. The van der Waals surface area contributed by atoms with E-state index in [1.807, 2.05) is 17.5 Å². The van der Waals surface area contributed by atoms with E-state index in [2.05, 4.69) is 28.8 Å². The number of nitrogens with one attached hydrogen (secondary N) is 2. The summed E-state index contributed by atoms with van der Waals surface area (Å²) in [6.07, 6.45) is 3.65. The Morgan fingerprint density at radius 1 is 1.50 bits per heavy atom. The number of fused-ring (bicyclic) bond motifs is 1. The van der Waals surface area contributed by atoms with E-state index in [1.54, 1.807) is 6.92 Å². The molecule has 8 heteroatoms. The molecule has 2 aromatic heterocycles. The van der Waals surface area contributed by atoms with Gasteiger partial charge in [0.1, 0.15) is 12.4 Å². The van der Waals surface area contributed by atoms with E-state index in [0.717, 1.165) is 23.5 Å². The van der Waals surface area contributed by atoms with Gasteiger partial charge in [0, 0.05) is 16.3 Å². The first kappa shape index (κ1) is 20.4. The van der Waals surface area contributed by atoms with Crippen LogP contribution in [0.25, 0.3) is 0 Å². The average molecular weight is 418 g/mol. The Morgan fingerprint density at radius 2 is 2.32 bits per heavy atom. The zero-order valence-corrected chi connectivity index (χ0v) is 17.5. The average Bonchev–Trinajstić information content (AvgIpc) is 3.19. The molecule has 1 aliphatic rings. The fourth-order valence-electron chi connectivity index (χ4n) is 3.04. The summed E-state index contributed by atoms with van der Waals surface area (Å²) in [5, 5.41) is 5.65. The normalized spacial score (nSPS) is 15.7. The van der Waals surface area contributed by atoms with Crippen LogP contribution in [0.15, 0.2) is 51.4 Å². The van der Waals surface area contributed by atoms with E-state index in [-0.39, 0.29) is 12.2 Å². The third-order valence-electron chi connectivity index (χ3n) is 4.34. The van der Waals surface area contributed by atoms with Crippen molar-refractivity contribution in [3.05, 3.63) is 62.2 Å². The third-order valence-corrected chi connectivity index (χ3v) is 6.23. The van der Waals surface area contributed by atoms with Crippen molar-refractivity contribution >= 4 is 34.9 Å². The maximum atomic E-state index is 13.0. The van der Waals surface area contributed by atoms with Crippen LogP contribution in [0.1, 0.15) is 43.0 Å². The van der Waals surface area contributed by atoms with Crippen LogP contribution < -0.4 is 10.9 Å². The molecule has 0 amide bonds. The Morgan fingerprint density at radius 3 is 3.00 bits per heavy atom. The van der Waals surface area contributed by atoms with Crippen molar-refractivity contribution in [3.8, 4) is 0 Å². The number of thioether (sulfide) groups is 1. The van der Waals surface area contributed by atoms with Crippen LogP contribution in [0.4, 0.5) is 5.82 Å². The number of carbonyl (C=O) groups excluding carboxylic acids is 1. The number of H-pyrrole nitrogens is 1. The van der Waals surface area contributed by atoms with E-state index in [9.17, 15) is 9.59 Å². The Labute approximate surface area is 172 Å². The summed E-state index contributed by atoms with van der Waals surface area (Å²) in [4.78, 5) is 34.1. The highest BCUT2D eigenvalue weighted by Crippen LogP contribution is 2.41. The molecule has 1 atom stereocenters. The van der Waals surface area contributed by atoms with Gasteiger partial charge in [-0.15, -0.1) is 11.3 Å². The van der Waals surface area contributed by atoms with Gasteiger partial charge in [0.2, 0.25) is 0 Å². The van der Waals surface area contributed by atoms with E-state index in [4.69, 9.17) is 4.74 Å². The summed E-state index contributed by atoms with van der Waals surface area (Å²) in [6.45, 7) is 7.62. The number of nitrogens with zero attached hydrogens (tertiary/aromatic N) is 1. The Balaban J connectivity index is 2.06. The number of thiophene rings is 1. The Bertz CT molecular complexity index is 948. The standard InChI is InChI=1S/C20H23N3O3S2/c1-4-6-10-28-20-22-17-16(18(24)23-20)15(13-8-7-11-27-13)14(12(3)21-17)19(25)26-9-5-2/h5,7-8,11,15H,2,4,6,9-10H2,1,3H3,(H2,21,22,23,24). The van der Waals surface area contributed by atoms with Crippen molar-refractivity contribution in [2.75, 3.05) is 17.7 Å². The zero-order valence-electron chi connectivity index (χ0n) is 15.9. The molecule has 148 valence electrons. The highest BCUT2D eigenvalue weighted by atomic mass is 32.2. The summed E-state index contributed by atoms with van der Waals surface area (Å²) in [6, 6.07) is 3.82. The minimum absolute atomic E-state index is 0.112. The topological polar surface area (TPSA) is 84.1 Å². The zero-order chi connectivity index (χ0) is 20.1. The first-order valence-electron chi connectivity index (χ1n) is 9.13. The predicted octanol–water partition coefficient (Wildman–Crippen LogP) is 4.28. The van der Waals surface area contributed by atoms with Gasteiger partial charge in [-0.2, -0.15) is 0 Å². The van der Waals surface area contributed by atoms with Gasteiger partial charge in [0.15, 0.2) is 5.16 Å². The molecule has 2 aromatic rings. The van der Waals surface area contributed by atoms with Crippen LogP contribution in [0, 0.1) is 0 Å². The molecule has 0 bridgehead atoms. The van der Waals surface area contributed by atoms with Crippen molar-refractivity contribution in [2.24, 2.45) is 0 Å². The van der Waals surface area contributed by atoms with Gasteiger partial charge < -0.3 is 15.0 Å². The highest BCUT2D eigenvalue weighted by molar-refractivity contribution is 7.99. The number of hydrogen-bond acceptors (Lipinski definition) is 7. The molecular formula is C20H23N3O3S2. The Kier molecular flexibility index (Phi) is 6.74. The number of carbonyl (C=O) groups is 1. The molecule has 0 fully saturated rings. The van der Waals surface area contributed by atoms with E-state index >= 15 is 0 Å². The SMILES string of the molecule is C=CCOC(=O)C1=C(C)Nc2nc(SCCCC)[nH]c(=O)c2C1c1cccs1. The quantitative estimate of drug-likeness (QED) is 0.219. The molecule has 0 radical (unpaired) electrons. The number of anilines is 1. The van der Waals surface area contributed by atoms with Gasteiger partial charge in [-0.1, -0.05) is 43.8 Å². The van der Waals surface area contributed by atoms with Gasteiger partial charge >= 0.3 is 5.97 Å². The van der Waals surface area contributed by atoms with Gasteiger partial charge in [0.25, 0.3) is 5.56 Å². The second kappa shape index (κ2) is 9.25. The largest absolute Gasteiger partial charge is 0.458 e. The van der Waals surface area contributed by atoms with Crippen molar-refractivity contribution in [2.45, 2.75) is 37.8 Å². The van der Waals surface area contributed by atoms with Gasteiger partial charge in [-0.05, 0) is 24.8 Å². The van der Waals surface area contributed by atoms with Gasteiger partial charge in [-0.25, -0.2) is 9.78 Å². The number of aromatic nitrogens is 2. The molecule has 28 heavy (non-hydrogen) atoms. The lowest BCUT2D eigenvalue weighted by Crippen LogP contribution is -2.30.